The van der Waals surface area contributed by atoms with Crippen LogP contribution in [0.4, 0.5) is 4.79 Å². The van der Waals surface area contributed by atoms with E-state index in [4.69, 9.17) is 4.74 Å². The highest BCUT2D eigenvalue weighted by molar-refractivity contribution is 9.10. The summed E-state index contributed by atoms with van der Waals surface area (Å²) in [5.74, 6) is -0.309. The molecule has 1 aliphatic rings. The lowest BCUT2D eigenvalue weighted by Crippen LogP contribution is -2.48. The maximum Gasteiger partial charge on any atom is 0.408 e. The Kier molecular flexibility index (Phi) is 8.25. The van der Waals surface area contributed by atoms with Crippen molar-refractivity contribution < 1.29 is 19.1 Å². The van der Waals surface area contributed by atoms with E-state index in [9.17, 15) is 14.4 Å². The van der Waals surface area contributed by atoms with Crippen molar-refractivity contribution in [1.29, 1.82) is 0 Å². The highest BCUT2D eigenvalue weighted by Crippen LogP contribution is 2.14. The van der Waals surface area contributed by atoms with Crippen LogP contribution in [0.2, 0.25) is 0 Å². The quantitative estimate of drug-likeness (QED) is 0.653. The zero-order chi connectivity index (χ0) is 21.4. The Hall–Kier alpha value is -2.35. The standard InChI is InChI=1S/C21H28BrN3O4/c1-21(2,3)29-20(28)23-14-18(26)24-17-9-11-25(12-10-17)19(27)8-7-15-5-4-6-16(22)13-15/h4-8,13,17H,9-12,14H2,1-3H3,(H,23,28)(H,24,26)/b8-7+. The minimum Gasteiger partial charge on any atom is -0.444 e. The lowest BCUT2D eigenvalue weighted by Gasteiger charge is -2.31. The van der Waals surface area contributed by atoms with Gasteiger partial charge in [-0.2, -0.15) is 0 Å². The second-order valence-electron chi connectivity index (χ2n) is 7.91. The Morgan fingerprint density at radius 3 is 2.55 bits per heavy atom. The highest BCUT2D eigenvalue weighted by atomic mass is 79.9. The number of hydrogen-bond acceptors (Lipinski definition) is 4. The van der Waals surface area contributed by atoms with Crippen LogP contribution in [-0.2, 0) is 14.3 Å². The van der Waals surface area contributed by atoms with E-state index < -0.39 is 11.7 Å². The van der Waals surface area contributed by atoms with E-state index in [1.807, 2.05) is 24.3 Å². The molecule has 1 aromatic carbocycles. The van der Waals surface area contributed by atoms with Crippen LogP contribution in [0.15, 0.2) is 34.8 Å². The van der Waals surface area contributed by atoms with Crippen molar-refractivity contribution in [1.82, 2.24) is 15.5 Å². The van der Waals surface area contributed by atoms with Crippen LogP contribution in [0.3, 0.4) is 0 Å². The molecule has 8 heteroatoms. The van der Waals surface area contributed by atoms with Crippen molar-refractivity contribution in [2.45, 2.75) is 45.3 Å². The Labute approximate surface area is 180 Å². The molecule has 1 aromatic rings. The first-order valence-electron chi connectivity index (χ1n) is 9.61. The molecule has 0 unspecified atom stereocenters. The number of carbonyl (C=O) groups is 3. The molecule has 3 amide bonds. The summed E-state index contributed by atoms with van der Waals surface area (Å²) in [6.07, 6.45) is 4.10. The molecule has 2 rings (SSSR count). The van der Waals surface area contributed by atoms with Gasteiger partial charge in [-0.25, -0.2) is 4.79 Å². The van der Waals surface area contributed by atoms with Gasteiger partial charge in [0.1, 0.15) is 12.1 Å². The first-order chi connectivity index (χ1) is 13.6. The van der Waals surface area contributed by atoms with Gasteiger partial charge in [-0.1, -0.05) is 28.1 Å². The molecule has 0 radical (unpaired) electrons. The molecule has 2 N–H and O–H groups in total. The van der Waals surface area contributed by atoms with Gasteiger partial charge in [-0.15, -0.1) is 0 Å². The molecule has 0 aliphatic carbocycles. The van der Waals surface area contributed by atoms with E-state index >= 15 is 0 Å². The normalized spacial score (nSPS) is 15.2. The highest BCUT2D eigenvalue weighted by Gasteiger charge is 2.23. The monoisotopic (exact) mass is 465 g/mol. The van der Waals surface area contributed by atoms with Gasteiger partial charge in [-0.05, 0) is 57.4 Å². The summed E-state index contributed by atoms with van der Waals surface area (Å²) in [6.45, 7) is 6.29. The fraction of sp³-hybridized carbons (Fsp3) is 0.476. The van der Waals surface area contributed by atoms with Crippen LogP contribution < -0.4 is 10.6 Å². The van der Waals surface area contributed by atoms with Crippen molar-refractivity contribution in [2.24, 2.45) is 0 Å². The second-order valence-corrected chi connectivity index (χ2v) is 8.83. The van der Waals surface area contributed by atoms with Crippen molar-refractivity contribution >= 4 is 39.9 Å². The molecule has 0 spiro atoms. The number of nitrogens with one attached hydrogen (secondary N) is 2. The molecule has 0 bridgehead atoms. The summed E-state index contributed by atoms with van der Waals surface area (Å²) in [7, 11) is 0. The number of ether oxygens (including phenoxy) is 1. The maximum atomic E-state index is 12.4. The van der Waals surface area contributed by atoms with Crippen molar-refractivity contribution in [3.63, 3.8) is 0 Å². The molecule has 0 atom stereocenters. The molecule has 0 aromatic heterocycles. The Morgan fingerprint density at radius 2 is 1.93 bits per heavy atom. The number of amides is 3. The van der Waals surface area contributed by atoms with Gasteiger partial charge in [0.05, 0.1) is 0 Å². The average Bonchev–Trinajstić information content (AvgIpc) is 2.64. The van der Waals surface area contributed by atoms with E-state index in [1.165, 1.54) is 0 Å². The number of hydrogen-bond donors (Lipinski definition) is 2. The Bertz CT molecular complexity index is 765. The first kappa shape index (κ1) is 22.9. The third kappa shape index (κ3) is 8.68. The number of carbonyl (C=O) groups excluding carboxylic acids is 3. The molecule has 0 saturated carbocycles. The van der Waals surface area contributed by atoms with Gasteiger partial charge < -0.3 is 20.3 Å². The third-order valence-corrected chi connectivity index (χ3v) is 4.72. The van der Waals surface area contributed by atoms with Gasteiger partial charge in [0.2, 0.25) is 11.8 Å². The molecule has 1 heterocycles. The molecule has 158 valence electrons. The summed E-state index contributed by atoms with van der Waals surface area (Å²) in [4.78, 5) is 37.7. The third-order valence-electron chi connectivity index (χ3n) is 4.23. The molecule has 1 aliphatic heterocycles. The van der Waals surface area contributed by atoms with E-state index in [0.717, 1.165) is 10.0 Å². The predicted octanol–water partition coefficient (Wildman–Crippen LogP) is 3.09. The van der Waals surface area contributed by atoms with Gasteiger partial charge >= 0.3 is 6.09 Å². The Balaban J connectivity index is 1.71. The van der Waals surface area contributed by atoms with Crippen molar-refractivity contribution in [3.8, 4) is 0 Å². The summed E-state index contributed by atoms with van der Waals surface area (Å²) >= 11 is 3.41. The SMILES string of the molecule is CC(C)(C)OC(=O)NCC(=O)NC1CCN(C(=O)/C=C/c2cccc(Br)c2)CC1. The number of alkyl carbamates (subject to hydrolysis) is 1. The second kappa shape index (κ2) is 10.4. The minimum atomic E-state index is -0.620. The van der Waals surface area contributed by atoms with Crippen LogP contribution >= 0.6 is 15.9 Å². The maximum absolute atomic E-state index is 12.4. The van der Waals surface area contributed by atoms with Crippen LogP contribution in [0.25, 0.3) is 6.08 Å². The predicted molar refractivity (Wildman–Crippen MR) is 115 cm³/mol. The van der Waals surface area contributed by atoms with Crippen LogP contribution in [-0.4, -0.2) is 54.1 Å². The fourth-order valence-corrected chi connectivity index (χ4v) is 3.29. The largest absolute Gasteiger partial charge is 0.444 e. The topological polar surface area (TPSA) is 87.7 Å². The lowest BCUT2D eigenvalue weighted by atomic mass is 10.0. The van der Waals surface area contributed by atoms with E-state index in [0.29, 0.717) is 25.9 Å². The summed E-state index contributed by atoms with van der Waals surface area (Å²) < 4.78 is 6.06. The number of halogens is 1. The minimum absolute atomic E-state index is 0.0129. The average molecular weight is 466 g/mol. The van der Waals surface area contributed by atoms with Crippen LogP contribution in [0, 0.1) is 0 Å². The van der Waals surface area contributed by atoms with Gasteiger partial charge in [-0.3, -0.25) is 9.59 Å². The first-order valence-corrected chi connectivity index (χ1v) is 10.4. The number of benzene rings is 1. The van der Waals surface area contributed by atoms with E-state index in [2.05, 4.69) is 26.6 Å². The zero-order valence-corrected chi connectivity index (χ0v) is 18.6. The van der Waals surface area contributed by atoms with Crippen LogP contribution in [0.5, 0.6) is 0 Å². The van der Waals surface area contributed by atoms with Gasteiger partial charge in [0.15, 0.2) is 0 Å². The van der Waals surface area contributed by atoms with Gasteiger partial charge in [0, 0.05) is 29.7 Å². The fourth-order valence-electron chi connectivity index (χ4n) is 2.87. The smallest absolute Gasteiger partial charge is 0.408 e. The molecule has 1 saturated heterocycles. The molecular weight excluding hydrogens is 438 g/mol. The number of rotatable bonds is 5. The lowest BCUT2D eigenvalue weighted by molar-refractivity contribution is -0.127. The van der Waals surface area contributed by atoms with Crippen molar-refractivity contribution in [3.05, 3.63) is 40.4 Å². The molecule has 1 fully saturated rings. The molecular formula is C21H28BrN3O4. The summed E-state index contributed by atoms with van der Waals surface area (Å²) in [5, 5.41) is 5.33. The molecule has 29 heavy (non-hydrogen) atoms. The zero-order valence-electron chi connectivity index (χ0n) is 17.0. The molecule has 7 nitrogen and oxygen atoms in total. The van der Waals surface area contributed by atoms with Crippen molar-refractivity contribution in [2.75, 3.05) is 19.6 Å². The van der Waals surface area contributed by atoms with E-state index in [-0.39, 0.29) is 24.4 Å². The summed E-state index contributed by atoms with van der Waals surface area (Å²) in [6, 6.07) is 7.71. The number of nitrogens with zero attached hydrogens (tertiary/aromatic N) is 1. The Morgan fingerprint density at radius 1 is 1.24 bits per heavy atom. The van der Waals surface area contributed by atoms with Gasteiger partial charge in [0.25, 0.3) is 0 Å². The van der Waals surface area contributed by atoms with Crippen LogP contribution in [0.1, 0.15) is 39.2 Å². The summed E-state index contributed by atoms with van der Waals surface area (Å²) in [5.41, 5.74) is 0.345. The van der Waals surface area contributed by atoms with E-state index in [1.54, 1.807) is 37.8 Å². The number of likely N-dealkylation sites (tertiary alicyclic amines) is 1. The number of piperidine rings is 1.